The number of ether oxygens (including phenoxy) is 1. The van der Waals surface area contributed by atoms with Crippen LogP contribution >= 0.6 is 0 Å². The molecule has 0 heterocycles. The summed E-state index contributed by atoms with van der Waals surface area (Å²) in [7, 11) is 1.58. The Labute approximate surface area is 82.3 Å². The van der Waals surface area contributed by atoms with Gasteiger partial charge in [-0.1, -0.05) is 13.8 Å². The van der Waals surface area contributed by atoms with Crippen LogP contribution in [-0.2, 0) is 4.74 Å². The quantitative estimate of drug-likeness (QED) is 0.706. The van der Waals surface area contributed by atoms with Crippen LogP contribution in [0.5, 0.6) is 0 Å². The second kappa shape index (κ2) is 8.48. The van der Waals surface area contributed by atoms with Crippen molar-refractivity contribution in [3.05, 3.63) is 0 Å². The van der Waals surface area contributed by atoms with E-state index in [1.165, 1.54) is 0 Å². The zero-order chi connectivity index (χ0) is 10.9. The minimum Gasteiger partial charge on any atom is -0.393 e. The van der Waals surface area contributed by atoms with Crippen molar-refractivity contribution in [3.8, 4) is 0 Å². The van der Waals surface area contributed by atoms with E-state index in [0.29, 0.717) is 0 Å². The Hall–Kier alpha value is -0.120. The Morgan fingerprint density at radius 1 is 1.38 bits per heavy atom. The van der Waals surface area contributed by atoms with Gasteiger partial charge in [0.1, 0.15) is 0 Å². The molecule has 0 aliphatic heterocycles. The third-order valence-corrected chi connectivity index (χ3v) is 1.68. The fourth-order valence-corrected chi connectivity index (χ4v) is 0.398. The average molecular weight is 191 g/mol. The van der Waals surface area contributed by atoms with Gasteiger partial charge in [-0.2, -0.15) is 0 Å². The largest absolute Gasteiger partial charge is 0.393 e. The van der Waals surface area contributed by atoms with Crippen LogP contribution < -0.4 is 5.73 Å². The number of aliphatic hydroxyl groups is 1. The molecule has 0 aromatic heterocycles. The first kappa shape index (κ1) is 15.4. The highest BCUT2D eigenvalue weighted by Gasteiger charge is 2.12. The molecule has 0 saturated carbocycles. The molecule has 0 radical (unpaired) electrons. The van der Waals surface area contributed by atoms with Gasteiger partial charge in [0.2, 0.25) is 0 Å². The fraction of sp³-hybridized carbons (Fsp3) is 1.00. The molecular weight excluding hydrogens is 166 g/mol. The number of aliphatic hydroxyl groups excluding tert-OH is 1. The molecule has 0 bridgehead atoms. The maximum absolute atomic E-state index is 8.47. The zero-order valence-electron chi connectivity index (χ0n) is 9.63. The first-order valence-corrected chi connectivity index (χ1v) is 4.75. The molecule has 0 aromatic carbocycles. The van der Waals surface area contributed by atoms with E-state index in [1.807, 2.05) is 13.8 Å². The van der Waals surface area contributed by atoms with E-state index in [-0.39, 0.29) is 12.2 Å². The number of rotatable bonds is 4. The fourth-order valence-electron chi connectivity index (χ4n) is 0.398. The molecule has 0 spiro atoms. The summed E-state index contributed by atoms with van der Waals surface area (Å²) in [5.41, 5.74) is 4.87. The average Bonchev–Trinajstić information content (AvgIpc) is 2.05. The molecule has 3 heteroatoms. The highest BCUT2D eigenvalue weighted by atomic mass is 16.5. The standard InChI is InChI=1S/C5H13N.C5H12O2/c1-5(2)3-4-6;1-5(2,4-6)7-3/h5H,3-4,6H2,1-2H3;6H,4H2,1-3H3. The lowest BCUT2D eigenvalue weighted by molar-refractivity contribution is -0.0226. The van der Waals surface area contributed by atoms with Crippen LogP contribution in [0.1, 0.15) is 34.1 Å². The lowest BCUT2D eigenvalue weighted by Crippen LogP contribution is -2.26. The van der Waals surface area contributed by atoms with E-state index in [1.54, 1.807) is 7.11 Å². The van der Waals surface area contributed by atoms with Crippen LogP contribution in [0.2, 0.25) is 0 Å². The van der Waals surface area contributed by atoms with Crippen LogP contribution in [0.4, 0.5) is 0 Å². The van der Waals surface area contributed by atoms with Crippen molar-refractivity contribution < 1.29 is 9.84 Å². The highest BCUT2D eigenvalue weighted by Crippen LogP contribution is 2.03. The van der Waals surface area contributed by atoms with Crippen molar-refractivity contribution >= 4 is 0 Å². The summed E-state index contributed by atoms with van der Waals surface area (Å²) in [6.45, 7) is 8.90. The predicted molar refractivity (Wildman–Crippen MR) is 56.7 cm³/mol. The van der Waals surface area contributed by atoms with E-state index in [9.17, 15) is 0 Å². The van der Waals surface area contributed by atoms with Crippen molar-refractivity contribution in [3.63, 3.8) is 0 Å². The first-order valence-electron chi connectivity index (χ1n) is 4.75. The Balaban J connectivity index is 0. The van der Waals surface area contributed by atoms with Gasteiger partial charge in [-0.3, -0.25) is 0 Å². The Morgan fingerprint density at radius 2 is 1.85 bits per heavy atom. The summed E-state index contributed by atoms with van der Waals surface area (Å²) in [5.74, 6) is 0.773. The molecule has 0 unspecified atom stereocenters. The molecule has 0 amide bonds. The third-order valence-electron chi connectivity index (χ3n) is 1.68. The normalized spacial score (nSPS) is 11.1. The Morgan fingerprint density at radius 3 is 1.85 bits per heavy atom. The molecular formula is C10H25NO2. The van der Waals surface area contributed by atoms with Gasteiger partial charge in [-0.25, -0.2) is 0 Å². The minimum absolute atomic E-state index is 0.0729. The minimum atomic E-state index is -0.361. The van der Waals surface area contributed by atoms with Crippen LogP contribution in [0.25, 0.3) is 0 Å². The van der Waals surface area contributed by atoms with E-state index in [0.717, 1.165) is 18.9 Å². The second-order valence-electron chi connectivity index (χ2n) is 4.09. The van der Waals surface area contributed by atoms with Crippen LogP contribution in [0, 0.1) is 5.92 Å². The molecule has 3 N–H and O–H groups in total. The molecule has 82 valence electrons. The number of hydrogen-bond donors (Lipinski definition) is 2. The molecule has 0 aromatic rings. The topological polar surface area (TPSA) is 55.5 Å². The summed E-state index contributed by atoms with van der Waals surface area (Å²) >= 11 is 0. The van der Waals surface area contributed by atoms with E-state index >= 15 is 0 Å². The SMILES string of the molecule is CC(C)CCN.COC(C)(C)CO. The molecule has 0 atom stereocenters. The van der Waals surface area contributed by atoms with Gasteiger partial charge in [0.15, 0.2) is 0 Å². The van der Waals surface area contributed by atoms with Crippen LogP contribution in [0.3, 0.4) is 0 Å². The lowest BCUT2D eigenvalue weighted by atomic mass is 10.1. The van der Waals surface area contributed by atoms with Gasteiger partial charge < -0.3 is 15.6 Å². The third kappa shape index (κ3) is 14.7. The molecule has 0 aliphatic rings. The van der Waals surface area contributed by atoms with E-state index in [2.05, 4.69) is 13.8 Å². The van der Waals surface area contributed by atoms with Gasteiger partial charge in [-0.05, 0) is 32.7 Å². The molecule has 0 fully saturated rings. The lowest BCUT2D eigenvalue weighted by Gasteiger charge is -2.18. The first-order chi connectivity index (χ1) is 5.89. The molecule has 3 nitrogen and oxygen atoms in total. The molecule has 0 rings (SSSR count). The van der Waals surface area contributed by atoms with Crippen molar-refractivity contribution in [1.29, 1.82) is 0 Å². The van der Waals surface area contributed by atoms with Crippen molar-refractivity contribution in [2.45, 2.75) is 39.7 Å². The number of nitrogens with two attached hydrogens (primary N) is 1. The monoisotopic (exact) mass is 191 g/mol. The summed E-state index contributed by atoms with van der Waals surface area (Å²) < 4.78 is 4.84. The predicted octanol–water partition coefficient (Wildman–Crippen LogP) is 1.39. The highest BCUT2D eigenvalue weighted by molar-refractivity contribution is 4.63. The Bertz CT molecular complexity index is 97.1. The second-order valence-corrected chi connectivity index (χ2v) is 4.09. The number of methoxy groups -OCH3 is 1. The van der Waals surface area contributed by atoms with Crippen molar-refractivity contribution in [2.24, 2.45) is 11.7 Å². The Kier molecular flexibility index (Phi) is 10.0. The van der Waals surface area contributed by atoms with Crippen molar-refractivity contribution in [2.75, 3.05) is 20.3 Å². The van der Waals surface area contributed by atoms with Gasteiger partial charge in [0.25, 0.3) is 0 Å². The van der Waals surface area contributed by atoms with Crippen LogP contribution in [0.15, 0.2) is 0 Å². The van der Waals surface area contributed by atoms with Gasteiger partial charge >= 0.3 is 0 Å². The van der Waals surface area contributed by atoms with E-state index < -0.39 is 0 Å². The molecule has 13 heavy (non-hydrogen) atoms. The summed E-state index contributed by atoms with van der Waals surface area (Å²) in [4.78, 5) is 0. The van der Waals surface area contributed by atoms with Gasteiger partial charge in [0, 0.05) is 7.11 Å². The number of hydrogen-bond acceptors (Lipinski definition) is 3. The molecule has 0 aliphatic carbocycles. The summed E-state index contributed by atoms with van der Waals surface area (Å²) in [6, 6.07) is 0. The smallest absolute Gasteiger partial charge is 0.0852 e. The summed E-state index contributed by atoms with van der Waals surface area (Å²) in [6.07, 6.45) is 1.15. The maximum Gasteiger partial charge on any atom is 0.0852 e. The molecule has 0 saturated heterocycles. The van der Waals surface area contributed by atoms with E-state index in [4.69, 9.17) is 15.6 Å². The maximum atomic E-state index is 8.47. The zero-order valence-corrected chi connectivity index (χ0v) is 9.63. The van der Waals surface area contributed by atoms with Crippen molar-refractivity contribution in [1.82, 2.24) is 0 Å². The van der Waals surface area contributed by atoms with Gasteiger partial charge in [-0.15, -0.1) is 0 Å². The summed E-state index contributed by atoms with van der Waals surface area (Å²) in [5, 5.41) is 8.47. The van der Waals surface area contributed by atoms with Crippen LogP contribution in [-0.4, -0.2) is 31.0 Å². The van der Waals surface area contributed by atoms with Gasteiger partial charge in [0.05, 0.1) is 12.2 Å².